The quantitative estimate of drug-likeness (QED) is 0.437. The molecule has 0 heterocycles. The molecule has 2 heteroatoms. The van der Waals surface area contributed by atoms with Crippen LogP contribution in [-0.2, 0) is 19.1 Å². The molecule has 0 N–H and O–H groups in total. The van der Waals surface area contributed by atoms with Gasteiger partial charge in [0.25, 0.3) is 0 Å². The summed E-state index contributed by atoms with van der Waals surface area (Å²) >= 11 is -3.17. The van der Waals surface area contributed by atoms with E-state index >= 15 is 0 Å². The molecule has 0 aromatic heterocycles. The Morgan fingerprint density at radius 2 is 0.870 bits per heavy atom. The molecule has 0 nitrogen and oxygen atoms in total. The zero-order valence-corrected chi connectivity index (χ0v) is 20.1. The number of rotatable bonds is 2. The van der Waals surface area contributed by atoms with Gasteiger partial charge in [0.05, 0.1) is 0 Å². The molecule has 0 spiro atoms. The van der Waals surface area contributed by atoms with Crippen molar-refractivity contribution in [2.75, 3.05) is 0 Å². The van der Waals surface area contributed by atoms with Crippen molar-refractivity contribution < 1.29 is 19.1 Å². The third-order valence-electron chi connectivity index (χ3n) is 7.06. The Morgan fingerprint density at radius 3 is 1.04 bits per heavy atom. The molecule has 2 aliphatic rings. The molecule has 0 radical (unpaired) electrons. The Hall–Kier alpha value is 0.133. The Balaban J connectivity index is 2.72. The van der Waals surface area contributed by atoms with Crippen LogP contribution in [0.15, 0.2) is 40.0 Å². The van der Waals surface area contributed by atoms with Crippen LogP contribution >= 0.6 is 8.51 Å². The van der Waals surface area contributed by atoms with Crippen LogP contribution in [0.25, 0.3) is 0 Å². The fraction of sp³-hybridized carbons (Fsp3) is 0.619. The molecule has 0 aromatic rings. The third-order valence-corrected chi connectivity index (χ3v) is 18.8. The second kappa shape index (κ2) is 5.57. The first-order valence-corrected chi connectivity index (χ1v) is 16.8. The molecule has 0 unspecified atom stereocenters. The van der Waals surface area contributed by atoms with Crippen molar-refractivity contribution in [3.8, 4) is 0 Å². The molecule has 0 saturated heterocycles. The Morgan fingerprint density at radius 1 is 0.609 bits per heavy atom. The van der Waals surface area contributed by atoms with E-state index in [0.29, 0.717) is 0 Å². The fourth-order valence-corrected chi connectivity index (χ4v) is 21.4. The maximum absolute atomic E-state index is 7.61. The molecule has 0 aromatic carbocycles. The van der Waals surface area contributed by atoms with Crippen LogP contribution in [0.3, 0.4) is 0 Å². The van der Waals surface area contributed by atoms with Gasteiger partial charge in [0, 0.05) is 0 Å². The second-order valence-corrected chi connectivity index (χ2v) is 20.6. The van der Waals surface area contributed by atoms with E-state index < -0.39 is 19.1 Å². The molecule has 2 aliphatic carbocycles. The van der Waals surface area contributed by atoms with Gasteiger partial charge in [-0.3, -0.25) is 0 Å². The van der Waals surface area contributed by atoms with Crippen molar-refractivity contribution in [3.63, 3.8) is 0 Å². The summed E-state index contributed by atoms with van der Waals surface area (Å²) in [5.74, 6) is 0. The molecule has 0 aliphatic heterocycles. The molecule has 0 atom stereocenters. The molecular formula is C21H33ClZr. The van der Waals surface area contributed by atoms with Crippen LogP contribution in [0.1, 0.15) is 69.2 Å². The number of allylic oxidation sites excluding steroid dienone is 8. The van der Waals surface area contributed by atoms with Crippen LogP contribution in [0.4, 0.5) is 0 Å². The monoisotopic (exact) mass is 410 g/mol. The van der Waals surface area contributed by atoms with Gasteiger partial charge in [-0.25, -0.2) is 0 Å². The summed E-state index contributed by atoms with van der Waals surface area (Å²) in [4.78, 5) is 0. The van der Waals surface area contributed by atoms with Crippen molar-refractivity contribution in [1.29, 1.82) is 0 Å². The fourth-order valence-electron chi connectivity index (χ4n) is 5.19. The summed E-state index contributed by atoms with van der Waals surface area (Å²) in [7, 11) is 7.61. The summed E-state index contributed by atoms with van der Waals surface area (Å²) in [5, 5.41) is 0. The van der Waals surface area contributed by atoms with Crippen LogP contribution in [0.2, 0.25) is 4.63 Å². The summed E-state index contributed by atoms with van der Waals surface area (Å²) in [6, 6.07) is 0. The van der Waals surface area contributed by atoms with Crippen molar-refractivity contribution in [3.05, 3.63) is 40.0 Å². The third kappa shape index (κ3) is 2.48. The predicted molar refractivity (Wildman–Crippen MR) is 101 cm³/mol. The van der Waals surface area contributed by atoms with Gasteiger partial charge in [-0.15, -0.1) is 0 Å². The molecule has 0 fully saturated rings. The Kier molecular flexibility index (Phi) is 4.71. The van der Waals surface area contributed by atoms with E-state index in [9.17, 15) is 0 Å². The van der Waals surface area contributed by atoms with E-state index in [-0.39, 0.29) is 10.8 Å². The van der Waals surface area contributed by atoms with Crippen LogP contribution in [0, 0.1) is 10.8 Å². The first-order valence-electron chi connectivity index (χ1n) is 8.69. The van der Waals surface area contributed by atoms with E-state index in [1.54, 1.807) is 6.56 Å². The van der Waals surface area contributed by atoms with Gasteiger partial charge in [-0.05, 0) is 0 Å². The predicted octanol–water partition coefficient (Wildman–Crippen LogP) is 7.64. The van der Waals surface area contributed by atoms with E-state index in [0.717, 1.165) is 0 Å². The van der Waals surface area contributed by atoms with Crippen molar-refractivity contribution in [1.82, 2.24) is 0 Å². The van der Waals surface area contributed by atoms with E-state index in [1.165, 1.54) is 33.4 Å². The standard InChI is InChI=1S/2C10H15.CH3.ClH.Zr/c2*1-7-6-10(4,5)9(3)8(7)2;;;/h2*1-5H3;1H3;1H;/q;;;;+1/p-1. The normalized spacial score (nSPS) is 24.5. The van der Waals surface area contributed by atoms with Gasteiger partial charge in [0.1, 0.15) is 0 Å². The van der Waals surface area contributed by atoms with Gasteiger partial charge in [0.2, 0.25) is 0 Å². The van der Waals surface area contributed by atoms with Gasteiger partial charge in [-0.1, -0.05) is 0 Å². The molecule has 0 bridgehead atoms. The Labute approximate surface area is 151 Å². The number of hydrogen-bond acceptors (Lipinski definition) is 0. The van der Waals surface area contributed by atoms with Gasteiger partial charge >= 0.3 is 152 Å². The average Bonchev–Trinajstić information content (AvgIpc) is 2.66. The zero-order chi connectivity index (χ0) is 18.1. The molecule has 0 saturated carbocycles. The van der Waals surface area contributed by atoms with E-state index in [4.69, 9.17) is 8.51 Å². The number of hydrogen-bond donors (Lipinski definition) is 0. The topological polar surface area (TPSA) is 0 Å². The molecule has 23 heavy (non-hydrogen) atoms. The molecule has 128 valence electrons. The average molecular weight is 412 g/mol. The van der Waals surface area contributed by atoms with Crippen molar-refractivity contribution >= 4 is 8.51 Å². The van der Waals surface area contributed by atoms with Crippen LogP contribution in [0.5, 0.6) is 0 Å². The molecular weight excluding hydrogens is 379 g/mol. The van der Waals surface area contributed by atoms with E-state index in [2.05, 4.69) is 73.9 Å². The van der Waals surface area contributed by atoms with Gasteiger partial charge < -0.3 is 0 Å². The van der Waals surface area contributed by atoms with Crippen LogP contribution in [-0.4, -0.2) is 0 Å². The minimum atomic E-state index is -3.17. The summed E-state index contributed by atoms with van der Waals surface area (Å²) < 4.78 is 5.61. The Bertz CT molecular complexity index is 646. The van der Waals surface area contributed by atoms with Crippen molar-refractivity contribution in [2.24, 2.45) is 10.8 Å². The van der Waals surface area contributed by atoms with Gasteiger partial charge in [0.15, 0.2) is 0 Å². The first kappa shape index (κ1) is 19.5. The number of halogens is 1. The van der Waals surface area contributed by atoms with Crippen LogP contribution < -0.4 is 0 Å². The SMILES string of the molecule is CC1=C(C)C(C)(C)[C]([Zr]([CH3])([Cl])[C]2=C(C)C(C)=C(C)C2(C)C)=C1C. The molecule has 0 amide bonds. The zero-order valence-electron chi connectivity index (χ0n) is 16.9. The first-order chi connectivity index (χ1) is 10.2. The summed E-state index contributed by atoms with van der Waals surface area (Å²) in [5.41, 5.74) is 9.09. The maximum atomic E-state index is 7.61. The summed E-state index contributed by atoms with van der Waals surface area (Å²) in [6.07, 6.45) is 0. The van der Waals surface area contributed by atoms with Gasteiger partial charge in [-0.2, -0.15) is 0 Å². The second-order valence-electron chi connectivity index (χ2n) is 8.75. The summed E-state index contributed by atoms with van der Waals surface area (Å²) in [6.45, 7) is 23.2. The van der Waals surface area contributed by atoms with E-state index in [1.807, 2.05) is 0 Å². The minimum absolute atomic E-state index is 0.106. The molecule has 2 rings (SSSR count). The van der Waals surface area contributed by atoms with Crippen molar-refractivity contribution in [2.45, 2.75) is 73.9 Å².